The second-order valence-electron chi connectivity index (χ2n) is 4.81. The van der Waals surface area contributed by atoms with Crippen molar-refractivity contribution in [2.45, 2.75) is 19.0 Å². The topological polar surface area (TPSA) is 42.1 Å². The SMILES string of the molecule is NC1CCN(Cc2ccc3ncccc3c2)C1. The van der Waals surface area contributed by atoms with Crippen LogP contribution in [0.25, 0.3) is 10.9 Å². The molecular formula is C14H17N3. The summed E-state index contributed by atoms with van der Waals surface area (Å²) in [5.41, 5.74) is 8.33. The maximum Gasteiger partial charge on any atom is 0.0702 e. The van der Waals surface area contributed by atoms with E-state index < -0.39 is 0 Å². The van der Waals surface area contributed by atoms with Gasteiger partial charge in [0.05, 0.1) is 5.52 Å². The van der Waals surface area contributed by atoms with Gasteiger partial charge in [0.1, 0.15) is 0 Å². The molecule has 0 radical (unpaired) electrons. The van der Waals surface area contributed by atoms with Gasteiger partial charge >= 0.3 is 0 Å². The zero-order valence-electron chi connectivity index (χ0n) is 9.84. The Bertz CT molecular complexity index is 524. The van der Waals surface area contributed by atoms with Gasteiger partial charge in [-0.25, -0.2) is 0 Å². The molecule has 1 saturated heterocycles. The molecule has 1 aliphatic rings. The van der Waals surface area contributed by atoms with Crippen molar-refractivity contribution < 1.29 is 0 Å². The smallest absolute Gasteiger partial charge is 0.0702 e. The molecule has 3 heteroatoms. The van der Waals surface area contributed by atoms with E-state index >= 15 is 0 Å². The van der Waals surface area contributed by atoms with Crippen molar-refractivity contribution >= 4 is 10.9 Å². The van der Waals surface area contributed by atoms with Crippen molar-refractivity contribution in [3.63, 3.8) is 0 Å². The van der Waals surface area contributed by atoms with Gasteiger partial charge in [0.2, 0.25) is 0 Å². The number of likely N-dealkylation sites (tertiary alicyclic amines) is 1. The van der Waals surface area contributed by atoms with Crippen LogP contribution in [0.5, 0.6) is 0 Å². The first-order valence-corrected chi connectivity index (χ1v) is 6.13. The summed E-state index contributed by atoms with van der Waals surface area (Å²) < 4.78 is 0. The maximum absolute atomic E-state index is 5.92. The average Bonchev–Trinajstić information content (AvgIpc) is 2.75. The van der Waals surface area contributed by atoms with Gasteiger partial charge in [0.25, 0.3) is 0 Å². The second-order valence-corrected chi connectivity index (χ2v) is 4.81. The summed E-state index contributed by atoms with van der Waals surface area (Å²) in [6, 6.07) is 10.9. The number of nitrogens with zero attached hydrogens (tertiary/aromatic N) is 2. The highest BCUT2D eigenvalue weighted by Gasteiger charge is 2.18. The number of nitrogens with two attached hydrogens (primary N) is 1. The summed E-state index contributed by atoms with van der Waals surface area (Å²) in [7, 11) is 0. The van der Waals surface area contributed by atoms with Crippen molar-refractivity contribution in [2.24, 2.45) is 5.73 Å². The lowest BCUT2D eigenvalue weighted by molar-refractivity contribution is 0.327. The van der Waals surface area contributed by atoms with E-state index in [2.05, 4.69) is 34.1 Å². The standard InChI is InChI=1S/C14H17N3/c15-13-5-7-17(10-13)9-11-3-4-14-12(8-11)2-1-6-16-14/h1-4,6,8,13H,5,7,9-10,15H2. The largest absolute Gasteiger partial charge is 0.326 e. The Morgan fingerprint density at radius 1 is 1.35 bits per heavy atom. The molecule has 1 aromatic carbocycles. The molecule has 1 atom stereocenters. The Balaban J connectivity index is 1.81. The molecule has 3 rings (SSSR count). The Morgan fingerprint density at radius 3 is 3.12 bits per heavy atom. The van der Waals surface area contributed by atoms with E-state index in [1.807, 2.05) is 12.3 Å². The number of hydrogen-bond donors (Lipinski definition) is 1. The summed E-state index contributed by atoms with van der Waals surface area (Å²) in [6.07, 6.45) is 2.95. The van der Waals surface area contributed by atoms with Gasteiger partial charge in [-0.1, -0.05) is 12.1 Å². The molecule has 0 saturated carbocycles. The van der Waals surface area contributed by atoms with E-state index in [1.54, 1.807) is 0 Å². The molecule has 1 unspecified atom stereocenters. The molecule has 17 heavy (non-hydrogen) atoms. The minimum atomic E-state index is 0.358. The summed E-state index contributed by atoms with van der Waals surface area (Å²) in [6.45, 7) is 3.13. The molecule has 1 aliphatic heterocycles. The van der Waals surface area contributed by atoms with Crippen LogP contribution in [-0.2, 0) is 6.54 Å². The summed E-state index contributed by atoms with van der Waals surface area (Å²) in [4.78, 5) is 6.75. The molecule has 1 fully saturated rings. The fourth-order valence-corrected chi connectivity index (χ4v) is 2.49. The third-order valence-electron chi connectivity index (χ3n) is 3.38. The molecule has 1 aromatic heterocycles. The van der Waals surface area contributed by atoms with E-state index in [-0.39, 0.29) is 0 Å². The molecular weight excluding hydrogens is 210 g/mol. The zero-order valence-corrected chi connectivity index (χ0v) is 9.84. The van der Waals surface area contributed by atoms with E-state index in [0.29, 0.717) is 6.04 Å². The summed E-state index contributed by atoms with van der Waals surface area (Å²) in [5, 5.41) is 1.22. The summed E-state index contributed by atoms with van der Waals surface area (Å²) >= 11 is 0. The highest BCUT2D eigenvalue weighted by atomic mass is 15.2. The molecule has 2 aromatic rings. The fourth-order valence-electron chi connectivity index (χ4n) is 2.49. The van der Waals surface area contributed by atoms with E-state index in [1.165, 1.54) is 10.9 Å². The van der Waals surface area contributed by atoms with Gasteiger partial charge < -0.3 is 5.73 Å². The number of rotatable bonds is 2. The van der Waals surface area contributed by atoms with E-state index in [9.17, 15) is 0 Å². The van der Waals surface area contributed by atoms with Crippen LogP contribution in [0.15, 0.2) is 36.5 Å². The number of fused-ring (bicyclic) bond motifs is 1. The highest BCUT2D eigenvalue weighted by Crippen LogP contribution is 2.17. The van der Waals surface area contributed by atoms with E-state index in [0.717, 1.165) is 31.6 Å². The Labute approximate surface area is 101 Å². The quantitative estimate of drug-likeness (QED) is 0.850. The number of hydrogen-bond acceptors (Lipinski definition) is 3. The normalized spacial score (nSPS) is 21.1. The maximum atomic E-state index is 5.92. The van der Waals surface area contributed by atoms with Crippen molar-refractivity contribution in [2.75, 3.05) is 13.1 Å². The highest BCUT2D eigenvalue weighted by molar-refractivity contribution is 5.78. The first-order chi connectivity index (χ1) is 8.31. The lowest BCUT2D eigenvalue weighted by Gasteiger charge is -2.15. The molecule has 0 spiro atoms. The van der Waals surface area contributed by atoms with Crippen LogP contribution in [-0.4, -0.2) is 29.0 Å². The zero-order chi connectivity index (χ0) is 11.7. The number of benzene rings is 1. The van der Waals surface area contributed by atoms with Gasteiger partial charge in [-0.3, -0.25) is 9.88 Å². The number of pyridine rings is 1. The Kier molecular flexibility index (Phi) is 2.79. The van der Waals surface area contributed by atoms with Crippen LogP contribution in [0, 0.1) is 0 Å². The van der Waals surface area contributed by atoms with Crippen molar-refractivity contribution in [3.8, 4) is 0 Å². The van der Waals surface area contributed by atoms with Gasteiger partial charge in [0.15, 0.2) is 0 Å². The third kappa shape index (κ3) is 2.30. The molecule has 0 bridgehead atoms. The lowest BCUT2D eigenvalue weighted by atomic mass is 10.1. The van der Waals surface area contributed by atoms with E-state index in [4.69, 9.17) is 5.73 Å². The van der Waals surface area contributed by atoms with Gasteiger partial charge in [0, 0.05) is 37.3 Å². The predicted molar refractivity (Wildman–Crippen MR) is 69.6 cm³/mol. The Morgan fingerprint density at radius 2 is 2.29 bits per heavy atom. The van der Waals surface area contributed by atoms with Crippen LogP contribution >= 0.6 is 0 Å². The first-order valence-electron chi connectivity index (χ1n) is 6.13. The molecule has 2 heterocycles. The van der Waals surface area contributed by atoms with Crippen LogP contribution in [0.1, 0.15) is 12.0 Å². The molecule has 0 aliphatic carbocycles. The van der Waals surface area contributed by atoms with Gasteiger partial charge in [-0.15, -0.1) is 0 Å². The lowest BCUT2D eigenvalue weighted by Crippen LogP contribution is -2.26. The van der Waals surface area contributed by atoms with Crippen LogP contribution in [0.4, 0.5) is 0 Å². The van der Waals surface area contributed by atoms with Crippen LogP contribution in [0.2, 0.25) is 0 Å². The van der Waals surface area contributed by atoms with Gasteiger partial charge in [-0.05, 0) is 30.2 Å². The predicted octanol–water partition coefficient (Wildman–Crippen LogP) is 1.77. The molecule has 88 valence electrons. The minimum Gasteiger partial charge on any atom is -0.326 e. The third-order valence-corrected chi connectivity index (χ3v) is 3.38. The molecule has 2 N–H and O–H groups in total. The first kappa shape index (κ1) is 10.7. The van der Waals surface area contributed by atoms with Crippen LogP contribution in [0.3, 0.4) is 0 Å². The molecule has 3 nitrogen and oxygen atoms in total. The number of aromatic nitrogens is 1. The van der Waals surface area contributed by atoms with Crippen molar-refractivity contribution in [1.29, 1.82) is 0 Å². The van der Waals surface area contributed by atoms with Crippen molar-refractivity contribution in [3.05, 3.63) is 42.1 Å². The monoisotopic (exact) mass is 227 g/mol. The summed E-state index contributed by atoms with van der Waals surface area (Å²) in [5.74, 6) is 0. The van der Waals surface area contributed by atoms with Gasteiger partial charge in [-0.2, -0.15) is 0 Å². The average molecular weight is 227 g/mol. The second kappa shape index (κ2) is 4.43. The van der Waals surface area contributed by atoms with Crippen molar-refractivity contribution in [1.82, 2.24) is 9.88 Å². The Hall–Kier alpha value is -1.45. The fraction of sp³-hybridized carbons (Fsp3) is 0.357. The van der Waals surface area contributed by atoms with Crippen LogP contribution < -0.4 is 5.73 Å². The molecule has 0 amide bonds. The minimum absolute atomic E-state index is 0.358.